The first-order valence-electron chi connectivity index (χ1n) is 6.71. The van der Waals surface area contributed by atoms with Crippen LogP contribution in [0.4, 0.5) is 4.79 Å². The summed E-state index contributed by atoms with van der Waals surface area (Å²) in [6.45, 7) is 7.61. The lowest BCUT2D eigenvalue weighted by molar-refractivity contribution is 0.0354. The van der Waals surface area contributed by atoms with Crippen LogP contribution in [-0.4, -0.2) is 34.8 Å². The zero-order chi connectivity index (χ0) is 15.3. The number of ether oxygens (including phenoxy) is 1. The summed E-state index contributed by atoms with van der Waals surface area (Å²) >= 11 is 5.86. The Morgan fingerprint density at radius 2 is 1.90 bits per heavy atom. The fourth-order valence-electron chi connectivity index (χ4n) is 2.05. The highest BCUT2D eigenvalue weighted by Gasteiger charge is 2.22. The first-order valence-corrected chi connectivity index (χ1v) is 7.09. The molecule has 0 heterocycles. The third-order valence-electron chi connectivity index (χ3n) is 2.92. The van der Waals surface area contributed by atoms with Crippen LogP contribution in [-0.2, 0) is 4.74 Å². The lowest BCUT2D eigenvalue weighted by Crippen LogP contribution is -2.42. The number of rotatable bonds is 5. The summed E-state index contributed by atoms with van der Waals surface area (Å²) in [7, 11) is 0. The van der Waals surface area contributed by atoms with E-state index in [2.05, 4.69) is 0 Å². The van der Waals surface area contributed by atoms with Crippen LogP contribution in [0, 0.1) is 0 Å². The number of aliphatic hydroxyl groups is 1. The monoisotopic (exact) mass is 299 g/mol. The summed E-state index contributed by atoms with van der Waals surface area (Å²) in [5, 5.41) is 10.5. The lowest BCUT2D eigenvalue weighted by Gasteiger charge is -2.30. The van der Waals surface area contributed by atoms with E-state index in [0.29, 0.717) is 10.6 Å². The predicted molar refractivity (Wildman–Crippen MR) is 79.9 cm³/mol. The molecule has 0 bridgehead atoms. The van der Waals surface area contributed by atoms with Crippen LogP contribution < -0.4 is 0 Å². The summed E-state index contributed by atoms with van der Waals surface area (Å²) in [5.74, 6) is 0. The van der Waals surface area contributed by atoms with Gasteiger partial charge in [-0.25, -0.2) is 4.79 Å². The van der Waals surface area contributed by atoms with Crippen LogP contribution >= 0.6 is 11.6 Å². The van der Waals surface area contributed by atoms with Crippen LogP contribution in [0.2, 0.25) is 5.02 Å². The molecule has 0 spiro atoms. The van der Waals surface area contributed by atoms with E-state index in [1.807, 2.05) is 27.7 Å². The molecule has 0 saturated heterocycles. The molecule has 4 nitrogen and oxygen atoms in total. The van der Waals surface area contributed by atoms with Crippen molar-refractivity contribution in [1.29, 1.82) is 0 Å². The number of nitrogens with zero attached hydrogens (tertiary/aromatic N) is 1. The normalized spacial score (nSPS) is 12.6. The minimum atomic E-state index is -0.876. The second kappa shape index (κ2) is 7.50. The lowest BCUT2D eigenvalue weighted by atomic mass is 10.1. The average molecular weight is 300 g/mol. The number of carbonyl (C=O) groups excluding carboxylic acids is 1. The molecule has 1 aromatic carbocycles. The smallest absolute Gasteiger partial charge is 0.410 e. The van der Waals surface area contributed by atoms with E-state index in [4.69, 9.17) is 16.3 Å². The van der Waals surface area contributed by atoms with Gasteiger partial charge in [0.25, 0.3) is 0 Å². The van der Waals surface area contributed by atoms with Crippen molar-refractivity contribution >= 4 is 17.7 Å². The largest absolute Gasteiger partial charge is 0.446 e. The molecular formula is C15H22ClNO3. The van der Waals surface area contributed by atoms with E-state index >= 15 is 0 Å². The highest BCUT2D eigenvalue weighted by molar-refractivity contribution is 6.30. The van der Waals surface area contributed by atoms with Crippen molar-refractivity contribution in [3.63, 3.8) is 0 Å². The van der Waals surface area contributed by atoms with Gasteiger partial charge in [0.15, 0.2) is 0 Å². The second-order valence-electron chi connectivity index (χ2n) is 5.24. The van der Waals surface area contributed by atoms with E-state index in [-0.39, 0.29) is 18.7 Å². The van der Waals surface area contributed by atoms with Gasteiger partial charge in [-0.15, -0.1) is 0 Å². The highest BCUT2D eigenvalue weighted by atomic mass is 35.5. The fraction of sp³-hybridized carbons (Fsp3) is 0.533. The molecule has 1 unspecified atom stereocenters. The van der Waals surface area contributed by atoms with E-state index < -0.39 is 12.2 Å². The minimum absolute atomic E-state index is 0.0470. The Bertz CT molecular complexity index is 440. The van der Waals surface area contributed by atoms with E-state index in [0.717, 1.165) is 0 Å². The Labute approximate surface area is 125 Å². The summed E-state index contributed by atoms with van der Waals surface area (Å²) in [6.07, 6.45) is -1.30. The third kappa shape index (κ3) is 4.69. The Morgan fingerprint density at radius 1 is 1.30 bits per heavy atom. The number of aliphatic hydroxyl groups excluding tert-OH is 1. The molecule has 1 atom stereocenters. The molecule has 1 rings (SSSR count). The number of carbonyl (C=O) groups is 1. The highest BCUT2D eigenvalue weighted by Crippen LogP contribution is 2.18. The van der Waals surface area contributed by atoms with Gasteiger partial charge in [-0.3, -0.25) is 0 Å². The van der Waals surface area contributed by atoms with Crippen LogP contribution in [0.3, 0.4) is 0 Å². The SMILES string of the molecule is CC(C)N(C(=O)OCC(O)c1cccc(Cl)c1)C(C)C. The third-order valence-corrected chi connectivity index (χ3v) is 3.16. The van der Waals surface area contributed by atoms with Crippen molar-refractivity contribution in [3.05, 3.63) is 34.9 Å². The second-order valence-corrected chi connectivity index (χ2v) is 5.68. The standard InChI is InChI=1S/C15H22ClNO3/c1-10(2)17(11(3)4)15(19)20-9-14(18)12-6-5-7-13(16)8-12/h5-8,10-11,14,18H,9H2,1-4H3. The quantitative estimate of drug-likeness (QED) is 0.903. The van der Waals surface area contributed by atoms with Crippen molar-refractivity contribution < 1.29 is 14.6 Å². The minimum Gasteiger partial charge on any atom is -0.446 e. The molecule has 1 aromatic rings. The van der Waals surface area contributed by atoms with Gasteiger partial charge in [0.2, 0.25) is 0 Å². The molecule has 112 valence electrons. The van der Waals surface area contributed by atoms with Gasteiger partial charge >= 0.3 is 6.09 Å². The molecule has 0 aliphatic carbocycles. The molecule has 5 heteroatoms. The van der Waals surface area contributed by atoms with Crippen LogP contribution in [0.15, 0.2) is 24.3 Å². The Balaban J connectivity index is 2.60. The molecule has 0 fully saturated rings. The van der Waals surface area contributed by atoms with Gasteiger partial charge in [0.1, 0.15) is 12.7 Å². The maximum Gasteiger partial charge on any atom is 0.410 e. The molecule has 1 amide bonds. The molecule has 1 N–H and O–H groups in total. The fourth-order valence-corrected chi connectivity index (χ4v) is 2.25. The molecule has 0 radical (unpaired) electrons. The van der Waals surface area contributed by atoms with Crippen LogP contribution in [0.1, 0.15) is 39.4 Å². The molecule has 0 saturated carbocycles. The van der Waals surface area contributed by atoms with Crippen LogP contribution in [0.25, 0.3) is 0 Å². The average Bonchev–Trinajstić information content (AvgIpc) is 2.35. The Morgan fingerprint density at radius 3 is 2.40 bits per heavy atom. The van der Waals surface area contributed by atoms with Gasteiger partial charge in [-0.05, 0) is 45.4 Å². The van der Waals surface area contributed by atoms with Crippen molar-refractivity contribution in [1.82, 2.24) is 4.90 Å². The maximum absolute atomic E-state index is 12.0. The first-order chi connectivity index (χ1) is 9.32. The summed E-state index contributed by atoms with van der Waals surface area (Å²) < 4.78 is 5.18. The molecule has 0 aromatic heterocycles. The van der Waals surface area contributed by atoms with Gasteiger partial charge in [-0.2, -0.15) is 0 Å². The number of benzene rings is 1. The predicted octanol–water partition coefficient (Wildman–Crippen LogP) is 3.63. The van der Waals surface area contributed by atoms with Crippen molar-refractivity contribution in [3.8, 4) is 0 Å². The van der Waals surface area contributed by atoms with Crippen molar-refractivity contribution in [2.75, 3.05) is 6.61 Å². The molecular weight excluding hydrogens is 278 g/mol. The van der Waals surface area contributed by atoms with E-state index in [1.54, 1.807) is 29.2 Å². The molecule has 20 heavy (non-hydrogen) atoms. The Hall–Kier alpha value is -1.26. The van der Waals surface area contributed by atoms with E-state index in [9.17, 15) is 9.90 Å². The zero-order valence-corrected chi connectivity index (χ0v) is 13.1. The van der Waals surface area contributed by atoms with Crippen molar-refractivity contribution in [2.24, 2.45) is 0 Å². The molecule has 0 aliphatic rings. The number of halogens is 1. The van der Waals surface area contributed by atoms with Gasteiger partial charge in [0.05, 0.1) is 0 Å². The number of hydrogen-bond acceptors (Lipinski definition) is 3. The zero-order valence-electron chi connectivity index (χ0n) is 12.3. The summed E-state index contributed by atoms with van der Waals surface area (Å²) in [4.78, 5) is 13.6. The maximum atomic E-state index is 12.0. The van der Waals surface area contributed by atoms with Crippen molar-refractivity contribution in [2.45, 2.75) is 45.9 Å². The number of amides is 1. The van der Waals surface area contributed by atoms with Gasteiger partial charge < -0.3 is 14.7 Å². The van der Waals surface area contributed by atoms with E-state index in [1.165, 1.54) is 0 Å². The summed E-state index contributed by atoms with van der Waals surface area (Å²) in [5.41, 5.74) is 0.631. The number of hydrogen-bond donors (Lipinski definition) is 1. The Kier molecular flexibility index (Phi) is 6.30. The van der Waals surface area contributed by atoms with Gasteiger partial charge in [0, 0.05) is 17.1 Å². The van der Waals surface area contributed by atoms with Gasteiger partial charge in [-0.1, -0.05) is 23.7 Å². The topological polar surface area (TPSA) is 49.8 Å². The van der Waals surface area contributed by atoms with Crippen LogP contribution in [0.5, 0.6) is 0 Å². The first kappa shape index (κ1) is 16.8. The summed E-state index contributed by atoms with van der Waals surface area (Å²) in [6, 6.07) is 6.97. The molecule has 0 aliphatic heterocycles.